The Kier molecular flexibility index (Phi) is 4.42. The molecule has 0 amide bonds. The van der Waals surface area contributed by atoms with Gasteiger partial charge in [-0.05, 0) is 24.6 Å². The Balaban J connectivity index is 1.56. The van der Waals surface area contributed by atoms with Gasteiger partial charge < -0.3 is 10.1 Å². The van der Waals surface area contributed by atoms with Crippen LogP contribution in [0.5, 0.6) is 0 Å². The van der Waals surface area contributed by atoms with E-state index in [1.165, 1.54) is 0 Å². The van der Waals surface area contributed by atoms with E-state index in [9.17, 15) is 0 Å². The number of methoxy groups -OCH3 is 1. The van der Waals surface area contributed by atoms with Crippen molar-refractivity contribution < 1.29 is 4.74 Å². The van der Waals surface area contributed by atoms with Gasteiger partial charge in [-0.2, -0.15) is 0 Å². The van der Waals surface area contributed by atoms with E-state index in [1.54, 1.807) is 13.3 Å². The number of rotatable bonds is 5. The molecule has 0 aliphatic carbocycles. The highest BCUT2D eigenvalue weighted by molar-refractivity contribution is 5.98. The molecular weight excluding hydrogens is 354 g/mol. The van der Waals surface area contributed by atoms with Gasteiger partial charge in [-0.15, -0.1) is 0 Å². The van der Waals surface area contributed by atoms with Gasteiger partial charge >= 0.3 is 0 Å². The van der Waals surface area contributed by atoms with Gasteiger partial charge in [0, 0.05) is 38.2 Å². The fraction of sp³-hybridized carbons (Fsp3) is 0.350. The smallest absolute Gasteiger partial charge is 0.216 e. The first-order chi connectivity index (χ1) is 13.8. The number of benzene rings is 1. The lowest BCUT2D eigenvalue weighted by Gasteiger charge is -2.41. The van der Waals surface area contributed by atoms with Gasteiger partial charge in [0.25, 0.3) is 0 Å². The second-order valence-electron chi connectivity index (χ2n) is 7.04. The summed E-state index contributed by atoms with van der Waals surface area (Å²) in [6.07, 6.45) is 4.58. The zero-order valence-electron chi connectivity index (χ0n) is 15.8. The number of imidazole rings is 1. The zero-order valence-corrected chi connectivity index (χ0v) is 15.8. The maximum absolute atomic E-state index is 5.19. The molecule has 2 aromatic heterocycles. The number of fused-ring (bicyclic) bond motifs is 5. The van der Waals surface area contributed by atoms with Gasteiger partial charge in [0.1, 0.15) is 6.17 Å². The molecule has 0 fully saturated rings. The average molecular weight is 377 g/mol. The van der Waals surface area contributed by atoms with E-state index in [0.717, 1.165) is 54.7 Å². The molecule has 0 saturated heterocycles. The van der Waals surface area contributed by atoms with Crippen LogP contribution >= 0.6 is 0 Å². The Bertz CT molecular complexity index is 1000. The van der Waals surface area contributed by atoms with Crippen molar-refractivity contribution in [3.05, 3.63) is 54.4 Å². The lowest BCUT2D eigenvalue weighted by molar-refractivity contribution is 0.171. The van der Waals surface area contributed by atoms with Crippen molar-refractivity contribution >= 4 is 22.9 Å². The minimum atomic E-state index is -0.0915. The van der Waals surface area contributed by atoms with Crippen LogP contribution in [-0.2, 0) is 4.74 Å². The summed E-state index contributed by atoms with van der Waals surface area (Å²) in [6.45, 7) is 3.11. The fourth-order valence-electron chi connectivity index (χ4n) is 3.85. The molecule has 0 saturated carbocycles. The Morgan fingerprint density at radius 3 is 3.00 bits per heavy atom. The van der Waals surface area contributed by atoms with E-state index in [-0.39, 0.29) is 6.17 Å². The Morgan fingerprint density at radius 2 is 2.14 bits per heavy atom. The molecule has 8 heteroatoms. The van der Waals surface area contributed by atoms with E-state index >= 15 is 0 Å². The highest BCUT2D eigenvalue weighted by Gasteiger charge is 2.35. The van der Waals surface area contributed by atoms with Crippen LogP contribution < -0.4 is 10.2 Å². The number of hydrogen-bond acceptors (Lipinski definition) is 7. The normalized spacial score (nSPS) is 19.1. The van der Waals surface area contributed by atoms with Crippen molar-refractivity contribution in [2.45, 2.75) is 12.6 Å². The molecular formula is C20H23N7O. The minimum Gasteiger partial charge on any atom is -0.385 e. The number of nitrogens with zero attached hydrogens (tertiary/aromatic N) is 6. The van der Waals surface area contributed by atoms with E-state index in [1.807, 2.05) is 18.3 Å². The Hall–Kier alpha value is -2.97. The number of pyridine rings is 1. The van der Waals surface area contributed by atoms with Crippen molar-refractivity contribution in [1.29, 1.82) is 0 Å². The molecule has 1 atom stereocenters. The maximum atomic E-state index is 5.19. The molecule has 0 bridgehead atoms. The third kappa shape index (κ3) is 2.90. The van der Waals surface area contributed by atoms with Crippen molar-refractivity contribution in [3.63, 3.8) is 0 Å². The summed E-state index contributed by atoms with van der Waals surface area (Å²) in [6, 6.07) is 12.3. The van der Waals surface area contributed by atoms with E-state index in [2.05, 4.69) is 48.9 Å². The summed E-state index contributed by atoms with van der Waals surface area (Å²) in [5.74, 6) is 1.77. The number of guanidine groups is 1. The van der Waals surface area contributed by atoms with Gasteiger partial charge in [-0.25, -0.2) is 9.98 Å². The summed E-state index contributed by atoms with van der Waals surface area (Å²) in [5, 5.41) is 3.60. The zero-order chi connectivity index (χ0) is 18.9. The second kappa shape index (κ2) is 7.21. The number of aliphatic imine (C=N–C) groups is 1. The SMILES string of the molecule is COCCCN1CN=C2N[C@H](c3cccnc3)n3c(nc4ccccc43)N2C1. The molecule has 4 heterocycles. The lowest BCUT2D eigenvalue weighted by Crippen LogP contribution is -2.57. The largest absolute Gasteiger partial charge is 0.385 e. The van der Waals surface area contributed by atoms with E-state index in [4.69, 9.17) is 14.7 Å². The number of hydrogen-bond donors (Lipinski definition) is 1. The van der Waals surface area contributed by atoms with Crippen LogP contribution in [0.15, 0.2) is 53.8 Å². The van der Waals surface area contributed by atoms with Crippen molar-refractivity contribution in [1.82, 2.24) is 24.8 Å². The predicted molar refractivity (Wildman–Crippen MR) is 108 cm³/mol. The number of para-hydroxylation sites is 2. The van der Waals surface area contributed by atoms with Crippen molar-refractivity contribution in [2.75, 3.05) is 38.5 Å². The average Bonchev–Trinajstić information content (AvgIpc) is 3.14. The fourth-order valence-corrected chi connectivity index (χ4v) is 3.85. The van der Waals surface area contributed by atoms with Crippen LogP contribution in [0.3, 0.4) is 0 Å². The van der Waals surface area contributed by atoms with Crippen LogP contribution in [0.25, 0.3) is 11.0 Å². The molecule has 144 valence electrons. The Labute approximate surface area is 163 Å². The summed E-state index contributed by atoms with van der Waals surface area (Å²) >= 11 is 0. The molecule has 0 radical (unpaired) electrons. The van der Waals surface area contributed by atoms with Gasteiger partial charge in [-0.1, -0.05) is 18.2 Å². The Morgan fingerprint density at radius 1 is 1.21 bits per heavy atom. The first-order valence-corrected chi connectivity index (χ1v) is 9.52. The molecule has 0 spiro atoms. The predicted octanol–water partition coefficient (Wildman–Crippen LogP) is 2.01. The molecule has 8 nitrogen and oxygen atoms in total. The number of nitrogens with one attached hydrogen (secondary N) is 1. The maximum Gasteiger partial charge on any atom is 0.216 e. The summed E-state index contributed by atoms with van der Waals surface area (Å²) < 4.78 is 7.43. The summed E-state index contributed by atoms with van der Waals surface area (Å²) in [4.78, 5) is 18.5. The summed E-state index contributed by atoms with van der Waals surface area (Å²) in [5.41, 5.74) is 3.15. The van der Waals surface area contributed by atoms with Gasteiger partial charge in [0.15, 0.2) is 0 Å². The molecule has 2 aliphatic rings. The van der Waals surface area contributed by atoms with Gasteiger partial charge in [-0.3, -0.25) is 19.4 Å². The number of anilines is 1. The van der Waals surface area contributed by atoms with Crippen molar-refractivity contribution in [3.8, 4) is 0 Å². The quantitative estimate of drug-likeness (QED) is 0.686. The molecule has 1 aromatic carbocycles. The van der Waals surface area contributed by atoms with E-state index < -0.39 is 0 Å². The molecule has 2 aliphatic heterocycles. The topological polar surface area (TPSA) is 70.8 Å². The van der Waals surface area contributed by atoms with Crippen LogP contribution in [0.4, 0.5) is 5.95 Å². The lowest BCUT2D eigenvalue weighted by atomic mass is 10.2. The molecule has 0 unspecified atom stereocenters. The molecule has 5 rings (SSSR count). The van der Waals surface area contributed by atoms with Crippen LogP contribution in [0.1, 0.15) is 18.2 Å². The van der Waals surface area contributed by atoms with Gasteiger partial charge in [0.2, 0.25) is 11.9 Å². The third-order valence-electron chi connectivity index (χ3n) is 5.18. The molecule has 3 aromatic rings. The first kappa shape index (κ1) is 17.2. The summed E-state index contributed by atoms with van der Waals surface area (Å²) in [7, 11) is 1.74. The monoisotopic (exact) mass is 377 g/mol. The highest BCUT2D eigenvalue weighted by Crippen LogP contribution is 2.33. The van der Waals surface area contributed by atoms with Crippen LogP contribution in [0, 0.1) is 0 Å². The van der Waals surface area contributed by atoms with Gasteiger partial charge in [0.05, 0.1) is 24.4 Å². The van der Waals surface area contributed by atoms with Crippen LogP contribution in [-0.4, -0.2) is 59.0 Å². The first-order valence-electron chi connectivity index (χ1n) is 9.52. The molecule has 1 N–H and O–H groups in total. The highest BCUT2D eigenvalue weighted by atomic mass is 16.5. The number of aromatic nitrogens is 3. The van der Waals surface area contributed by atoms with Crippen molar-refractivity contribution in [2.24, 2.45) is 4.99 Å². The minimum absolute atomic E-state index is 0.0915. The molecule has 28 heavy (non-hydrogen) atoms. The number of ether oxygens (including phenoxy) is 1. The van der Waals surface area contributed by atoms with E-state index in [0.29, 0.717) is 6.67 Å². The van der Waals surface area contributed by atoms with Crippen LogP contribution in [0.2, 0.25) is 0 Å². The standard InChI is InChI=1S/C20H23N7O/c1-28-11-5-10-25-13-22-19-24-18(15-6-4-9-21-12-15)27-17-8-3-2-7-16(17)23-20(27)26(19)14-25/h2-4,6-9,12,18H,5,10-11,13-14H2,1H3,(H,22,24)/t18-/m0/s1. The third-order valence-corrected chi connectivity index (χ3v) is 5.18. The second-order valence-corrected chi connectivity index (χ2v) is 7.04.